The Morgan fingerprint density at radius 3 is 2.74 bits per heavy atom. The van der Waals surface area contributed by atoms with E-state index in [1.807, 2.05) is 44.3 Å². The van der Waals surface area contributed by atoms with Crippen LogP contribution >= 0.6 is 11.8 Å². The number of nitrogens with two attached hydrogens (primary N) is 1. The molecule has 1 saturated carbocycles. The van der Waals surface area contributed by atoms with Gasteiger partial charge in [-0.15, -0.1) is 10.2 Å². The molecular formula is C16H21N5OS. The fourth-order valence-corrected chi connectivity index (χ4v) is 3.33. The highest BCUT2D eigenvalue weighted by molar-refractivity contribution is 8.00. The van der Waals surface area contributed by atoms with Crippen molar-refractivity contribution in [2.75, 3.05) is 12.9 Å². The Kier molecular flexibility index (Phi) is 4.56. The molecule has 1 amide bonds. The van der Waals surface area contributed by atoms with Crippen LogP contribution in [0.5, 0.6) is 0 Å². The average molecular weight is 331 g/mol. The number of hydrogen-bond donors (Lipinski definition) is 1. The number of benzene rings is 1. The van der Waals surface area contributed by atoms with Crippen molar-refractivity contribution in [3.05, 3.63) is 41.7 Å². The van der Waals surface area contributed by atoms with Crippen molar-refractivity contribution in [3.8, 4) is 0 Å². The molecular weight excluding hydrogens is 310 g/mol. The molecule has 7 heteroatoms. The van der Waals surface area contributed by atoms with Crippen molar-refractivity contribution < 1.29 is 4.79 Å². The first-order chi connectivity index (χ1) is 11.1. The highest BCUT2D eigenvalue weighted by Gasteiger charge is 2.31. The number of amides is 1. The maximum absolute atomic E-state index is 12.5. The van der Waals surface area contributed by atoms with Gasteiger partial charge in [-0.3, -0.25) is 4.79 Å². The summed E-state index contributed by atoms with van der Waals surface area (Å²) in [6, 6.07) is 9.94. The zero-order chi connectivity index (χ0) is 16.4. The summed E-state index contributed by atoms with van der Waals surface area (Å²) in [6.07, 6.45) is 2.24. The standard InChI is InChI=1S/C16H21N5OS/c1-11(15(22)20(2)10-12-6-4-3-5-7-12)23-16-19-18-14(21(16)17)13-8-9-13/h3-7,11,13H,8-10,17H2,1-2H3/t11-/m1/s1. The molecule has 2 aromatic rings. The minimum atomic E-state index is -0.262. The first-order valence-corrected chi connectivity index (χ1v) is 8.60. The second-order valence-corrected chi connectivity index (χ2v) is 7.23. The molecule has 1 aromatic carbocycles. The molecule has 3 rings (SSSR count). The van der Waals surface area contributed by atoms with Crippen molar-refractivity contribution in [3.63, 3.8) is 0 Å². The van der Waals surface area contributed by atoms with Gasteiger partial charge < -0.3 is 10.7 Å². The van der Waals surface area contributed by atoms with Crippen LogP contribution in [0.3, 0.4) is 0 Å². The normalized spacial score (nSPS) is 15.4. The molecule has 1 aliphatic rings. The largest absolute Gasteiger partial charge is 0.340 e. The van der Waals surface area contributed by atoms with Gasteiger partial charge in [-0.05, 0) is 25.3 Å². The van der Waals surface area contributed by atoms with Gasteiger partial charge in [0.1, 0.15) is 0 Å². The number of carbonyl (C=O) groups excluding carboxylic acids is 1. The van der Waals surface area contributed by atoms with Gasteiger partial charge in [0.15, 0.2) is 5.82 Å². The lowest BCUT2D eigenvalue weighted by Gasteiger charge is -2.20. The summed E-state index contributed by atoms with van der Waals surface area (Å²) < 4.78 is 1.53. The molecule has 122 valence electrons. The van der Waals surface area contributed by atoms with Crippen LogP contribution in [-0.4, -0.2) is 38.0 Å². The minimum absolute atomic E-state index is 0.0508. The van der Waals surface area contributed by atoms with Gasteiger partial charge >= 0.3 is 0 Å². The second kappa shape index (κ2) is 6.62. The lowest BCUT2D eigenvalue weighted by Crippen LogP contribution is -2.33. The zero-order valence-electron chi connectivity index (χ0n) is 13.3. The van der Waals surface area contributed by atoms with E-state index in [0.717, 1.165) is 24.2 Å². The molecule has 1 aliphatic carbocycles. The zero-order valence-corrected chi connectivity index (χ0v) is 14.2. The summed E-state index contributed by atoms with van der Waals surface area (Å²) in [5.41, 5.74) is 1.11. The van der Waals surface area contributed by atoms with Crippen LogP contribution in [0.2, 0.25) is 0 Å². The molecule has 1 fully saturated rings. The Hall–Kier alpha value is -2.02. The first kappa shape index (κ1) is 15.9. The molecule has 0 saturated heterocycles. The van der Waals surface area contributed by atoms with Crippen LogP contribution in [-0.2, 0) is 11.3 Å². The number of hydrogen-bond acceptors (Lipinski definition) is 5. The molecule has 0 radical (unpaired) electrons. The highest BCUT2D eigenvalue weighted by Crippen LogP contribution is 2.39. The number of carbonyl (C=O) groups is 1. The van der Waals surface area contributed by atoms with Crippen molar-refractivity contribution in [2.45, 2.75) is 42.6 Å². The summed E-state index contributed by atoms with van der Waals surface area (Å²) in [5, 5.41) is 8.60. The van der Waals surface area contributed by atoms with Gasteiger partial charge in [0.05, 0.1) is 5.25 Å². The summed E-state index contributed by atoms with van der Waals surface area (Å²) in [6.45, 7) is 2.47. The van der Waals surface area contributed by atoms with Gasteiger partial charge in [0.2, 0.25) is 11.1 Å². The number of aromatic nitrogens is 3. The van der Waals surface area contributed by atoms with Crippen LogP contribution in [0, 0.1) is 0 Å². The molecule has 1 aromatic heterocycles. The fourth-order valence-electron chi connectivity index (χ4n) is 2.44. The Balaban J connectivity index is 1.60. The molecule has 0 bridgehead atoms. The fraction of sp³-hybridized carbons (Fsp3) is 0.438. The molecule has 2 N–H and O–H groups in total. The van der Waals surface area contributed by atoms with Crippen molar-refractivity contribution >= 4 is 17.7 Å². The quantitative estimate of drug-likeness (QED) is 0.647. The number of rotatable bonds is 6. The van der Waals surface area contributed by atoms with E-state index in [9.17, 15) is 4.79 Å². The SMILES string of the molecule is C[C@@H](Sc1nnc(C2CC2)n1N)C(=O)N(C)Cc1ccccc1. The van der Waals surface area contributed by atoms with Gasteiger partial charge in [-0.25, -0.2) is 4.68 Å². The van der Waals surface area contributed by atoms with Gasteiger partial charge in [-0.1, -0.05) is 42.1 Å². The van der Waals surface area contributed by atoms with Crippen LogP contribution in [0.4, 0.5) is 0 Å². The average Bonchev–Trinajstić information content (AvgIpc) is 3.33. The predicted octanol–water partition coefficient (Wildman–Crippen LogP) is 2.01. The van der Waals surface area contributed by atoms with E-state index in [1.165, 1.54) is 16.4 Å². The summed E-state index contributed by atoms with van der Waals surface area (Å²) in [4.78, 5) is 14.3. The summed E-state index contributed by atoms with van der Waals surface area (Å²) in [5.74, 6) is 7.35. The van der Waals surface area contributed by atoms with Crippen LogP contribution in [0.1, 0.15) is 37.1 Å². The maximum atomic E-state index is 12.5. The molecule has 0 aliphatic heterocycles. The summed E-state index contributed by atoms with van der Waals surface area (Å²) >= 11 is 1.36. The van der Waals surface area contributed by atoms with Crippen molar-refractivity contribution in [1.82, 2.24) is 19.8 Å². The van der Waals surface area contributed by atoms with E-state index >= 15 is 0 Å². The van der Waals surface area contributed by atoms with Crippen molar-refractivity contribution in [2.24, 2.45) is 0 Å². The first-order valence-electron chi connectivity index (χ1n) is 7.72. The van der Waals surface area contributed by atoms with E-state index < -0.39 is 0 Å². The number of nitrogens with zero attached hydrogens (tertiary/aromatic N) is 4. The smallest absolute Gasteiger partial charge is 0.235 e. The molecule has 1 atom stereocenters. The third-order valence-corrected chi connectivity index (χ3v) is 4.95. The lowest BCUT2D eigenvalue weighted by molar-refractivity contribution is -0.129. The molecule has 0 spiro atoms. The van der Waals surface area contributed by atoms with Crippen molar-refractivity contribution in [1.29, 1.82) is 0 Å². The Morgan fingerprint density at radius 1 is 1.39 bits per heavy atom. The maximum Gasteiger partial charge on any atom is 0.235 e. The monoisotopic (exact) mass is 331 g/mol. The summed E-state index contributed by atoms with van der Waals surface area (Å²) in [7, 11) is 1.81. The lowest BCUT2D eigenvalue weighted by atomic mass is 10.2. The molecule has 1 heterocycles. The second-order valence-electron chi connectivity index (χ2n) is 5.93. The molecule has 0 unspecified atom stereocenters. The molecule has 6 nitrogen and oxygen atoms in total. The Morgan fingerprint density at radius 2 is 2.09 bits per heavy atom. The van der Waals surface area contributed by atoms with E-state index in [1.54, 1.807) is 4.90 Å². The van der Waals surface area contributed by atoms with E-state index in [2.05, 4.69) is 10.2 Å². The third-order valence-electron chi connectivity index (χ3n) is 3.90. The van der Waals surface area contributed by atoms with Crippen LogP contribution in [0.25, 0.3) is 0 Å². The minimum Gasteiger partial charge on any atom is -0.340 e. The van der Waals surface area contributed by atoms with Crippen LogP contribution < -0.4 is 5.84 Å². The third kappa shape index (κ3) is 3.67. The Bertz CT molecular complexity index is 683. The predicted molar refractivity (Wildman–Crippen MR) is 90.4 cm³/mol. The number of nitrogen functional groups attached to an aromatic ring is 1. The van der Waals surface area contributed by atoms with Gasteiger partial charge in [0, 0.05) is 19.5 Å². The van der Waals surface area contributed by atoms with E-state index in [-0.39, 0.29) is 11.2 Å². The van der Waals surface area contributed by atoms with E-state index in [4.69, 9.17) is 5.84 Å². The highest BCUT2D eigenvalue weighted by atomic mass is 32.2. The molecule has 23 heavy (non-hydrogen) atoms. The Labute approximate surface area is 140 Å². The van der Waals surface area contributed by atoms with Gasteiger partial charge in [0.25, 0.3) is 0 Å². The van der Waals surface area contributed by atoms with E-state index in [0.29, 0.717) is 17.6 Å². The topological polar surface area (TPSA) is 77.0 Å². The van der Waals surface area contributed by atoms with Gasteiger partial charge in [-0.2, -0.15) is 0 Å². The van der Waals surface area contributed by atoms with Crippen LogP contribution in [0.15, 0.2) is 35.5 Å². The number of thioether (sulfide) groups is 1.